The van der Waals surface area contributed by atoms with Crippen LogP contribution >= 0.6 is 0 Å². The largest absolute Gasteiger partial charge is 0.435 e. The van der Waals surface area contributed by atoms with E-state index in [9.17, 15) is 14.0 Å². The fraction of sp³-hybridized carbons (Fsp3) is 0.125. The van der Waals surface area contributed by atoms with E-state index in [2.05, 4.69) is 25.3 Å². The van der Waals surface area contributed by atoms with Gasteiger partial charge >= 0.3 is 6.61 Å². The van der Waals surface area contributed by atoms with Crippen molar-refractivity contribution in [3.63, 3.8) is 0 Å². The molecule has 0 aliphatic carbocycles. The van der Waals surface area contributed by atoms with Crippen molar-refractivity contribution in [1.82, 2.24) is 10.3 Å². The van der Waals surface area contributed by atoms with E-state index in [1.807, 2.05) is 6.07 Å². The van der Waals surface area contributed by atoms with E-state index in [4.69, 9.17) is 16.7 Å². The molecule has 0 spiro atoms. The Hall–Kier alpha value is -4.12. The van der Waals surface area contributed by atoms with E-state index in [1.54, 1.807) is 12.3 Å². The molecular weight excluding hydrogens is 358 g/mol. The number of nitrogens with one attached hydrogen (secondary N) is 2. The molecule has 9 nitrogen and oxygen atoms in total. The first-order valence-electron chi connectivity index (χ1n) is 7.48. The van der Waals surface area contributed by atoms with Crippen molar-refractivity contribution < 1.29 is 13.5 Å². The van der Waals surface area contributed by atoms with Gasteiger partial charge in [-0.05, 0) is 17.7 Å². The summed E-state index contributed by atoms with van der Waals surface area (Å²) in [6.07, 6.45) is 1.72. The third-order valence-electron chi connectivity index (χ3n) is 3.76. The number of benzene rings is 1. The van der Waals surface area contributed by atoms with Gasteiger partial charge in [0, 0.05) is 5.56 Å². The average molecular weight is 370 g/mol. The monoisotopic (exact) mass is 370 g/mol. The minimum absolute atomic E-state index is 0.0209. The summed E-state index contributed by atoms with van der Waals surface area (Å²) in [6, 6.07) is 6.90. The number of guanidine groups is 1. The number of hydrogen-bond donors (Lipinski definition) is 4. The van der Waals surface area contributed by atoms with Crippen LogP contribution in [0.5, 0.6) is 5.75 Å². The number of anilines is 3. The lowest BCUT2D eigenvalue weighted by molar-refractivity contribution is -0.0498. The first-order valence-corrected chi connectivity index (χ1v) is 7.48. The number of nitriles is 2. The molecule has 2 heterocycles. The molecule has 136 valence electrons. The van der Waals surface area contributed by atoms with Gasteiger partial charge in [-0.25, -0.2) is 9.98 Å². The van der Waals surface area contributed by atoms with Crippen molar-refractivity contribution >= 4 is 23.3 Å². The lowest BCUT2D eigenvalue weighted by Gasteiger charge is -2.26. The standard InChI is InChI=1S/C16H12F2N8O/c17-15(18)27-8-3-1-2-7(4-8)12-10-11(21)9(5-19)13(22)25-14(10)26-16(24-12)23-6-20/h1-4,12,15H,(H6,21,22,23,24,25,26). The minimum atomic E-state index is -2.99. The molecule has 1 aliphatic rings. The summed E-state index contributed by atoms with van der Waals surface area (Å²) >= 11 is 0. The zero-order valence-electron chi connectivity index (χ0n) is 13.6. The molecule has 0 radical (unpaired) electrons. The maximum absolute atomic E-state index is 12.5. The van der Waals surface area contributed by atoms with Gasteiger partial charge in [0.2, 0.25) is 5.96 Å². The number of ether oxygens (including phenoxy) is 1. The number of hydrogen-bond acceptors (Lipinski definition) is 9. The molecule has 1 aromatic heterocycles. The maximum atomic E-state index is 12.5. The molecule has 1 aromatic carbocycles. The number of nitrogens with two attached hydrogens (primary N) is 2. The van der Waals surface area contributed by atoms with Crippen molar-refractivity contribution in [1.29, 1.82) is 10.5 Å². The van der Waals surface area contributed by atoms with Gasteiger partial charge in [-0.3, -0.25) is 5.32 Å². The highest BCUT2D eigenvalue weighted by Gasteiger charge is 2.29. The van der Waals surface area contributed by atoms with Crippen LogP contribution in [0.3, 0.4) is 0 Å². The highest BCUT2D eigenvalue weighted by Crippen LogP contribution is 2.41. The molecule has 0 amide bonds. The number of fused-ring (bicyclic) bond motifs is 1. The molecule has 0 fully saturated rings. The molecule has 1 aliphatic heterocycles. The predicted octanol–water partition coefficient (Wildman–Crippen LogP) is 1.66. The lowest BCUT2D eigenvalue weighted by atomic mass is 9.95. The molecule has 2 aromatic rings. The van der Waals surface area contributed by atoms with Crippen LogP contribution in [-0.4, -0.2) is 17.6 Å². The minimum Gasteiger partial charge on any atom is -0.435 e. The molecule has 1 unspecified atom stereocenters. The summed E-state index contributed by atoms with van der Waals surface area (Å²) in [6.45, 7) is -2.99. The number of aromatic nitrogens is 1. The van der Waals surface area contributed by atoms with Crippen LogP contribution in [0.25, 0.3) is 0 Å². The van der Waals surface area contributed by atoms with Crippen molar-refractivity contribution in [3.8, 4) is 18.0 Å². The highest BCUT2D eigenvalue weighted by atomic mass is 19.3. The summed E-state index contributed by atoms with van der Waals surface area (Å²) < 4.78 is 29.5. The Labute approximate surface area is 151 Å². The van der Waals surface area contributed by atoms with E-state index in [1.165, 1.54) is 18.2 Å². The molecule has 1 atom stereocenters. The second kappa shape index (κ2) is 7.01. The molecular formula is C16H12F2N8O. The Balaban J connectivity index is 2.18. The number of pyridine rings is 1. The van der Waals surface area contributed by atoms with Gasteiger partial charge in [-0.2, -0.15) is 19.3 Å². The number of nitrogen functional groups attached to an aromatic ring is 2. The number of nitrogens with zero attached hydrogens (tertiary/aromatic N) is 4. The van der Waals surface area contributed by atoms with Gasteiger partial charge in [0.25, 0.3) is 0 Å². The molecule has 3 rings (SSSR count). The smallest absolute Gasteiger partial charge is 0.387 e. The Bertz CT molecular complexity index is 1010. The summed E-state index contributed by atoms with van der Waals surface area (Å²) in [5.41, 5.74) is 12.7. The summed E-state index contributed by atoms with van der Waals surface area (Å²) in [4.78, 5) is 8.43. The third-order valence-corrected chi connectivity index (χ3v) is 3.76. The fourth-order valence-corrected chi connectivity index (χ4v) is 2.68. The van der Waals surface area contributed by atoms with E-state index in [-0.39, 0.29) is 34.6 Å². The molecule has 0 bridgehead atoms. The molecule has 0 saturated carbocycles. The molecule has 0 saturated heterocycles. The Kier molecular flexibility index (Phi) is 4.60. The number of rotatable bonds is 3. The summed E-state index contributed by atoms with van der Waals surface area (Å²) in [7, 11) is 0. The van der Waals surface area contributed by atoms with Gasteiger partial charge < -0.3 is 21.5 Å². The van der Waals surface area contributed by atoms with E-state index in [0.717, 1.165) is 0 Å². The van der Waals surface area contributed by atoms with Gasteiger partial charge in [0.1, 0.15) is 35.1 Å². The zero-order valence-corrected chi connectivity index (χ0v) is 13.6. The Morgan fingerprint density at radius 2 is 2.07 bits per heavy atom. The van der Waals surface area contributed by atoms with Crippen molar-refractivity contribution in [2.75, 3.05) is 16.8 Å². The number of aliphatic imine (C=N–C) groups is 1. The van der Waals surface area contributed by atoms with Crippen molar-refractivity contribution in [2.45, 2.75) is 12.7 Å². The van der Waals surface area contributed by atoms with Crippen LogP contribution in [0, 0.1) is 22.8 Å². The van der Waals surface area contributed by atoms with Gasteiger partial charge in [0.05, 0.1) is 5.69 Å². The Morgan fingerprint density at radius 3 is 2.74 bits per heavy atom. The second-order valence-corrected chi connectivity index (χ2v) is 5.35. The average Bonchev–Trinajstić information content (AvgIpc) is 2.61. The lowest BCUT2D eigenvalue weighted by Crippen LogP contribution is -2.32. The third kappa shape index (κ3) is 3.34. The zero-order chi connectivity index (χ0) is 19.6. The first kappa shape index (κ1) is 17.7. The van der Waals surface area contributed by atoms with Gasteiger partial charge in [-0.15, -0.1) is 0 Å². The molecule has 27 heavy (non-hydrogen) atoms. The normalized spacial score (nSPS) is 15.0. The van der Waals surface area contributed by atoms with Gasteiger partial charge in [0.15, 0.2) is 6.19 Å². The second-order valence-electron chi connectivity index (χ2n) is 5.35. The van der Waals surface area contributed by atoms with Crippen LogP contribution in [-0.2, 0) is 0 Å². The topological polar surface area (TPSA) is 158 Å². The summed E-state index contributed by atoms with van der Waals surface area (Å²) in [5.74, 6) is 0.0937. The predicted molar refractivity (Wildman–Crippen MR) is 92.5 cm³/mol. The van der Waals surface area contributed by atoms with Crippen molar-refractivity contribution in [3.05, 3.63) is 41.0 Å². The molecule has 11 heteroatoms. The van der Waals surface area contributed by atoms with Crippen LogP contribution in [0.15, 0.2) is 29.3 Å². The molecule has 6 N–H and O–H groups in total. The SMILES string of the molecule is N#CNC1=NC(c2cccc(OC(F)F)c2)c2c(nc(N)c(C#N)c2N)N1. The van der Waals surface area contributed by atoms with Crippen molar-refractivity contribution in [2.24, 2.45) is 4.99 Å². The number of halogens is 2. The maximum Gasteiger partial charge on any atom is 0.387 e. The first-order chi connectivity index (χ1) is 12.9. The van der Waals surface area contributed by atoms with E-state index < -0.39 is 12.7 Å². The number of alkyl halides is 2. The van der Waals surface area contributed by atoms with Crippen LogP contribution in [0.4, 0.5) is 26.1 Å². The fourth-order valence-electron chi connectivity index (χ4n) is 2.68. The quantitative estimate of drug-likeness (QED) is 0.469. The Morgan fingerprint density at radius 1 is 1.30 bits per heavy atom. The van der Waals surface area contributed by atoms with Crippen LogP contribution < -0.4 is 26.8 Å². The van der Waals surface area contributed by atoms with E-state index >= 15 is 0 Å². The van der Waals surface area contributed by atoms with Gasteiger partial charge in [-0.1, -0.05) is 12.1 Å². The van der Waals surface area contributed by atoms with Crippen LogP contribution in [0.2, 0.25) is 0 Å². The summed E-state index contributed by atoms with van der Waals surface area (Å²) in [5, 5.41) is 23.2. The highest BCUT2D eigenvalue weighted by molar-refractivity contribution is 5.98. The van der Waals surface area contributed by atoms with E-state index in [0.29, 0.717) is 11.1 Å². The van der Waals surface area contributed by atoms with Crippen LogP contribution in [0.1, 0.15) is 22.7 Å².